The largest absolute Gasteiger partial charge is 0.474 e. The first kappa shape index (κ1) is 19.8. The molecule has 0 saturated carbocycles. The maximum absolute atomic E-state index is 14.2. The molecule has 1 aliphatic rings. The molecule has 1 atom stereocenters. The van der Waals surface area contributed by atoms with Gasteiger partial charge in [0, 0.05) is 23.2 Å². The van der Waals surface area contributed by atoms with Gasteiger partial charge in [0.25, 0.3) is 0 Å². The number of aromatic nitrogens is 5. The van der Waals surface area contributed by atoms with Gasteiger partial charge in [0.2, 0.25) is 0 Å². The topological polar surface area (TPSA) is 68.6 Å². The summed E-state index contributed by atoms with van der Waals surface area (Å²) >= 11 is 5.71. The van der Waals surface area contributed by atoms with E-state index in [4.69, 9.17) is 16.3 Å². The fraction of sp³-hybridized carbons (Fsp3) is 0.450. The number of hydrogen-bond donors (Lipinski definition) is 1. The second-order valence-corrected chi connectivity index (χ2v) is 8.19. The van der Waals surface area contributed by atoms with E-state index in [2.05, 4.69) is 20.4 Å². The Bertz CT molecular complexity index is 1020. The summed E-state index contributed by atoms with van der Waals surface area (Å²) in [6, 6.07) is 2.05. The third kappa shape index (κ3) is 3.61. The summed E-state index contributed by atoms with van der Waals surface area (Å²) in [6.07, 6.45) is 4.50. The molecule has 0 radical (unpaired) electrons. The highest BCUT2D eigenvalue weighted by Crippen LogP contribution is 2.35. The van der Waals surface area contributed by atoms with Crippen molar-refractivity contribution in [2.45, 2.75) is 58.1 Å². The summed E-state index contributed by atoms with van der Waals surface area (Å²) in [6.45, 7) is 6.04. The second kappa shape index (κ2) is 7.40. The van der Waals surface area contributed by atoms with Crippen LogP contribution in [0.2, 0.25) is 5.02 Å². The van der Waals surface area contributed by atoms with Gasteiger partial charge in [-0.3, -0.25) is 5.10 Å². The van der Waals surface area contributed by atoms with Gasteiger partial charge in [-0.15, -0.1) is 10.2 Å². The molecule has 154 valence electrons. The molecule has 0 spiro atoms. The zero-order valence-electron chi connectivity index (χ0n) is 16.5. The number of rotatable bonds is 5. The minimum absolute atomic E-state index is 0.0277. The van der Waals surface area contributed by atoms with E-state index in [1.165, 1.54) is 11.3 Å². The lowest BCUT2D eigenvalue weighted by Gasteiger charge is -2.28. The van der Waals surface area contributed by atoms with Crippen molar-refractivity contribution in [1.29, 1.82) is 0 Å². The molecule has 1 aliphatic carbocycles. The van der Waals surface area contributed by atoms with Crippen LogP contribution < -0.4 is 4.74 Å². The summed E-state index contributed by atoms with van der Waals surface area (Å²) in [5.41, 5.74) is 1.25. The van der Waals surface area contributed by atoms with E-state index < -0.39 is 23.0 Å². The third-order valence-electron chi connectivity index (χ3n) is 5.34. The molecule has 4 rings (SSSR count). The monoisotopic (exact) mass is 421 g/mol. The number of aryl methyl sites for hydroxylation is 1. The van der Waals surface area contributed by atoms with Crippen LogP contribution >= 0.6 is 11.6 Å². The molecule has 9 heteroatoms. The first-order chi connectivity index (χ1) is 13.8. The van der Waals surface area contributed by atoms with E-state index in [0.717, 1.165) is 37.2 Å². The van der Waals surface area contributed by atoms with E-state index in [1.54, 1.807) is 13.8 Å². The van der Waals surface area contributed by atoms with Crippen LogP contribution in [-0.2, 0) is 25.0 Å². The van der Waals surface area contributed by atoms with Crippen molar-refractivity contribution in [3.8, 4) is 5.75 Å². The Morgan fingerprint density at radius 1 is 1.28 bits per heavy atom. The molecule has 2 heterocycles. The lowest BCUT2D eigenvalue weighted by molar-refractivity contribution is 0.0823. The second-order valence-electron chi connectivity index (χ2n) is 7.75. The minimum Gasteiger partial charge on any atom is -0.474 e. The van der Waals surface area contributed by atoms with Crippen molar-refractivity contribution in [2.24, 2.45) is 0 Å². The SMILES string of the molecule is CCn1c(C2CCc3[nH]ncc3C2)nnc1C(C)(C)Oc1c(F)cc(Cl)cc1F. The van der Waals surface area contributed by atoms with Gasteiger partial charge < -0.3 is 9.30 Å². The number of nitrogens with one attached hydrogen (secondary N) is 1. The standard InChI is InChI=1S/C20H22ClF2N5O/c1-4-28-18(11-5-6-16-12(7-11)10-24-25-16)26-27-19(28)20(2,3)29-17-14(22)8-13(21)9-15(17)23/h8-11H,4-7H2,1-3H3,(H,24,25). The molecular weight excluding hydrogens is 400 g/mol. The molecule has 6 nitrogen and oxygen atoms in total. The van der Waals surface area contributed by atoms with E-state index >= 15 is 0 Å². The number of fused-ring (bicyclic) bond motifs is 1. The smallest absolute Gasteiger partial charge is 0.192 e. The number of benzene rings is 1. The van der Waals surface area contributed by atoms with E-state index in [9.17, 15) is 8.78 Å². The lowest BCUT2D eigenvalue weighted by Crippen LogP contribution is -2.31. The Morgan fingerprint density at radius 3 is 2.69 bits per heavy atom. The van der Waals surface area contributed by atoms with E-state index in [1.807, 2.05) is 17.7 Å². The van der Waals surface area contributed by atoms with Gasteiger partial charge in [-0.05, 0) is 57.7 Å². The highest BCUT2D eigenvalue weighted by Gasteiger charge is 2.35. The van der Waals surface area contributed by atoms with Gasteiger partial charge in [-0.2, -0.15) is 5.10 Å². The van der Waals surface area contributed by atoms with Gasteiger partial charge in [-0.25, -0.2) is 8.78 Å². The highest BCUT2D eigenvalue weighted by atomic mass is 35.5. The van der Waals surface area contributed by atoms with Crippen molar-refractivity contribution in [2.75, 3.05) is 0 Å². The van der Waals surface area contributed by atoms with Crippen LogP contribution in [0.1, 0.15) is 56.0 Å². The molecule has 2 aromatic heterocycles. The molecule has 1 unspecified atom stereocenters. The number of H-pyrrole nitrogens is 1. The van der Waals surface area contributed by atoms with Crippen molar-refractivity contribution < 1.29 is 13.5 Å². The zero-order valence-corrected chi connectivity index (χ0v) is 17.2. The van der Waals surface area contributed by atoms with Crippen LogP contribution in [-0.4, -0.2) is 25.0 Å². The Hall–Kier alpha value is -2.48. The highest BCUT2D eigenvalue weighted by molar-refractivity contribution is 6.30. The molecule has 29 heavy (non-hydrogen) atoms. The molecule has 3 aromatic rings. The molecular formula is C20H22ClF2N5O. The summed E-state index contributed by atoms with van der Waals surface area (Å²) in [4.78, 5) is 0. The van der Waals surface area contributed by atoms with Crippen LogP contribution in [0.15, 0.2) is 18.3 Å². The maximum atomic E-state index is 14.2. The fourth-order valence-electron chi connectivity index (χ4n) is 3.94. The van der Waals surface area contributed by atoms with Gasteiger partial charge >= 0.3 is 0 Å². The Kier molecular flexibility index (Phi) is 5.06. The van der Waals surface area contributed by atoms with E-state index in [-0.39, 0.29) is 10.9 Å². The Morgan fingerprint density at radius 2 is 2.00 bits per heavy atom. The summed E-state index contributed by atoms with van der Waals surface area (Å²) < 4.78 is 36.2. The Balaban J connectivity index is 1.65. The quantitative estimate of drug-likeness (QED) is 0.656. The maximum Gasteiger partial charge on any atom is 0.192 e. The number of ether oxygens (including phenoxy) is 1. The Labute approximate surface area is 172 Å². The van der Waals surface area contributed by atoms with Crippen LogP contribution in [0.4, 0.5) is 8.78 Å². The molecule has 0 aliphatic heterocycles. The average molecular weight is 422 g/mol. The zero-order chi connectivity index (χ0) is 20.8. The van der Waals surface area contributed by atoms with Gasteiger partial charge in [-0.1, -0.05) is 11.6 Å². The van der Waals surface area contributed by atoms with E-state index in [0.29, 0.717) is 12.4 Å². The summed E-state index contributed by atoms with van der Waals surface area (Å²) in [7, 11) is 0. The molecule has 0 saturated heterocycles. The van der Waals surface area contributed by atoms with Crippen molar-refractivity contribution >= 4 is 11.6 Å². The van der Waals surface area contributed by atoms with Gasteiger partial charge in [0.05, 0.1) is 6.20 Å². The predicted octanol–water partition coefficient (Wildman–Crippen LogP) is 4.54. The van der Waals surface area contributed by atoms with Crippen LogP contribution in [0.3, 0.4) is 0 Å². The number of halogens is 3. The third-order valence-corrected chi connectivity index (χ3v) is 5.55. The minimum atomic E-state index is -1.10. The molecule has 0 fully saturated rings. The molecule has 1 N–H and O–H groups in total. The molecule has 1 aromatic carbocycles. The van der Waals surface area contributed by atoms with Gasteiger partial charge in [0.1, 0.15) is 5.82 Å². The lowest BCUT2D eigenvalue weighted by atomic mass is 9.87. The summed E-state index contributed by atoms with van der Waals surface area (Å²) in [5, 5.41) is 15.9. The summed E-state index contributed by atoms with van der Waals surface area (Å²) in [5.74, 6) is -0.630. The van der Waals surface area contributed by atoms with Crippen molar-refractivity contribution in [1.82, 2.24) is 25.0 Å². The van der Waals surface area contributed by atoms with Crippen molar-refractivity contribution in [3.05, 3.63) is 57.9 Å². The predicted molar refractivity (Wildman–Crippen MR) is 104 cm³/mol. The molecule has 0 bridgehead atoms. The average Bonchev–Trinajstić information content (AvgIpc) is 3.30. The number of aromatic amines is 1. The van der Waals surface area contributed by atoms with Crippen LogP contribution in [0, 0.1) is 11.6 Å². The molecule has 0 amide bonds. The van der Waals surface area contributed by atoms with Gasteiger partial charge in [0.15, 0.2) is 28.8 Å². The van der Waals surface area contributed by atoms with Crippen LogP contribution in [0.5, 0.6) is 5.75 Å². The number of nitrogens with zero attached hydrogens (tertiary/aromatic N) is 4. The first-order valence-electron chi connectivity index (χ1n) is 9.58. The normalized spacial score (nSPS) is 16.7. The van der Waals surface area contributed by atoms with Crippen LogP contribution in [0.25, 0.3) is 0 Å². The first-order valence-corrected chi connectivity index (χ1v) is 9.96. The number of hydrogen-bond acceptors (Lipinski definition) is 4. The fourth-order valence-corrected chi connectivity index (χ4v) is 4.13. The van der Waals surface area contributed by atoms with Crippen molar-refractivity contribution in [3.63, 3.8) is 0 Å².